The van der Waals surface area contributed by atoms with Crippen molar-refractivity contribution in [1.29, 1.82) is 0 Å². The van der Waals surface area contributed by atoms with Crippen LogP contribution in [0.15, 0.2) is 11.0 Å². The van der Waals surface area contributed by atoms with Crippen molar-refractivity contribution in [2.45, 2.75) is 31.1 Å². The van der Waals surface area contributed by atoms with Crippen LogP contribution in [0.5, 0.6) is 0 Å². The van der Waals surface area contributed by atoms with Crippen LogP contribution in [-0.4, -0.2) is 14.3 Å². The van der Waals surface area contributed by atoms with Gasteiger partial charge in [0.05, 0.1) is 20.6 Å². The van der Waals surface area contributed by atoms with Gasteiger partial charge in [-0.3, -0.25) is 4.79 Å². The van der Waals surface area contributed by atoms with Crippen LogP contribution < -0.4 is 5.32 Å². The second-order valence-electron chi connectivity index (χ2n) is 4.73. The Morgan fingerprint density at radius 3 is 2.40 bits per heavy atom. The highest BCUT2D eigenvalue weighted by molar-refractivity contribution is 8.13. The standard InChI is InChI=1S/C12H12Cl3NO3S/c1-6-9(20(15,18)19)5-8(13)11(10(6)14)16-12(17)7-3-2-4-7/h5,7H,2-4H2,1H3,(H,16,17). The first kappa shape index (κ1) is 15.9. The topological polar surface area (TPSA) is 63.2 Å². The fraction of sp³-hybridized carbons (Fsp3) is 0.417. The summed E-state index contributed by atoms with van der Waals surface area (Å²) >= 11 is 12.1. The smallest absolute Gasteiger partial charge is 0.261 e. The quantitative estimate of drug-likeness (QED) is 0.834. The van der Waals surface area contributed by atoms with Crippen molar-refractivity contribution in [2.24, 2.45) is 5.92 Å². The fourth-order valence-electron chi connectivity index (χ4n) is 1.96. The molecule has 2 rings (SSSR count). The van der Waals surface area contributed by atoms with E-state index in [-0.39, 0.29) is 38.0 Å². The number of amides is 1. The molecule has 0 atom stereocenters. The zero-order chi connectivity index (χ0) is 15.1. The van der Waals surface area contributed by atoms with Gasteiger partial charge in [0, 0.05) is 16.6 Å². The Labute approximate surface area is 131 Å². The van der Waals surface area contributed by atoms with Crippen LogP contribution >= 0.6 is 33.9 Å². The summed E-state index contributed by atoms with van der Waals surface area (Å²) in [6.07, 6.45) is 2.71. The number of hydrogen-bond acceptors (Lipinski definition) is 3. The highest BCUT2D eigenvalue weighted by atomic mass is 35.7. The number of hydrogen-bond donors (Lipinski definition) is 1. The average Bonchev–Trinajstić information content (AvgIpc) is 2.25. The normalized spacial score (nSPS) is 15.8. The van der Waals surface area contributed by atoms with E-state index in [1.54, 1.807) is 0 Å². The molecule has 1 fully saturated rings. The van der Waals surface area contributed by atoms with E-state index in [2.05, 4.69) is 5.32 Å². The van der Waals surface area contributed by atoms with Crippen LogP contribution in [0.1, 0.15) is 24.8 Å². The van der Waals surface area contributed by atoms with Gasteiger partial charge in [-0.2, -0.15) is 0 Å². The number of halogens is 3. The average molecular weight is 357 g/mol. The van der Waals surface area contributed by atoms with Crippen molar-refractivity contribution in [3.05, 3.63) is 21.7 Å². The molecule has 1 aliphatic carbocycles. The molecule has 20 heavy (non-hydrogen) atoms. The molecule has 0 bridgehead atoms. The third kappa shape index (κ3) is 3.06. The first-order valence-electron chi connectivity index (χ1n) is 5.96. The van der Waals surface area contributed by atoms with Crippen LogP contribution in [0.3, 0.4) is 0 Å². The molecule has 4 nitrogen and oxygen atoms in total. The number of anilines is 1. The maximum Gasteiger partial charge on any atom is 0.261 e. The maximum absolute atomic E-state index is 11.9. The minimum atomic E-state index is -3.94. The highest BCUT2D eigenvalue weighted by Crippen LogP contribution is 2.39. The summed E-state index contributed by atoms with van der Waals surface area (Å²) in [5, 5.41) is 2.80. The van der Waals surface area contributed by atoms with E-state index in [9.17, 15) is 13.2 Å². The monoisotopic (exact) mass is 355 g/mol. The van der Waals surface area contributed by atoms with Gasteiger partial charge in [0.2, 0.25) is 5.91 Å². The molecule has 8 heteroatoms. The third-order valence-electron chi connectivity index (χ3n) is 3.40. The molecular formula is C12H12Cl3NO3S. The van der Waals surface area contributed by atoms with Crippen LogP contribution in [0.25, 0.3) is 0 Å². The lowest BCUT2D eigenvalue weighted by atomic mass is 9.85. The van der Waals surface area contributed by atoms with Gasteiger partial charge in [-0.05, 0) is 31.4 Å². The lowest BCUT2D eigenvalue weighted by Crippen LogP contribution is -2.28. The molecule has 0 radical (unpaired) electrons. The Morgan fingerprint density at radius 1 is 1.35 bits per heavy atom. The lowest BCUT2D eigenvalue weighted by molar-refractivity contribution is -0.122. The summed E-state index contributed by atoms with van der Waals surface area (Å²) in [7, 11) is 1.37. The van der Waals surface area contributed by atoms with Crippen LogP contribution in [-0.2, 0) is 13.8 Å². The predicted molar refractivity (Wildman–Crippen MR) is 80.2 cm³/mol. The van der Waals surface area contributed by atoms with Gasteiger partial charge >= 0.3 is 0 Å². The van der Waals surface area contributed by atoms with Gasteiger partial charge < -0.3 is 5.32 Å². The SMILES string of the molecule is Cc1c(S(=O)(=O)Cl)cc(Cl)c(NC(=O)C2CCC2)c1Cl. The third-order valence-corrected chi connectivity index (χ3v) is 5.62. The first-order valence-corrected chi connectivity index (χ1v) is 9.02. The number of carbonyl (C=O) groups excluding carboxylic acids is 1. The summed E-state index contributed by atoms with van der Waals surface area (Å²) in [4.78, 5) is 11.8. The van der Waals surface area contributed by atoms with Crippen molar-refractivity contribution in [1.82, 2.24) is 0 Å². The molecule has 0 aromatic heterocycles. The van der Waals surface area contributed by atoms with E-state index in [4.69, 9.17) is 33.9 Å². The molecule has 0 unspecified atom stereocenters. The zero-order valence-electron chi connectivity index (χ0n) is 10.5. The van der Waals surface area contributed by atoms with E-state index in [1.165, 1.54) is 13.0 Å². The summed E-state index contributed by atoms with van der Waals surface area (Å²) in [5.74, 6) is -0.181. The van der Waals surface area contributed by atoms with Gasteiger partial charge in [-0.1, -0.05) is 29.6 Å². The minimum Gasteiger partial charge on any atom is -0.323 e. The van der Waals surface area contributed by atoms with E-state index in [0.29, 0.717) is 0 Å². The van der Waals surface area contributed by atoms with Gasteiger partial charge in [0.1, 0.15) is 0 Å². The van der Waals surface area contributed by atoms with E-state index >= 15 is 0 Å². The maximum atomic E-state index is 11.9. The number of benzene rings is 1. The lowest BCUT2D eigenvalue weighted by Gasteiger charge is -2.25. The van der Waals surface area contributed by atoms with Crippen molar-refractivity contribution < 1.29 is 13.2 Å². The van der Waals surface area contributed by atoms with Gasteiger partial charge in [-0.15, -0.1) is 0 Å². The van der Waals surface area contributed by atoms with Crippen molar-refractivity contribution in [3.63, 3.8) is 0 Å². The molecule has 1 N–H and O–H groups in total. The predicted octanol–water partition coefficient (Wildman–Crippen LogP) is 3.97. The van der Waals surface area contributed by atoms with Crippen LogP contribution in [0, 0.1) is 12.8 Å². The number of rotatable bonds is 3. The Morgan fingerprint density at radius 2 is 1.95 bits per heavy atom. The summed E-state index contributed by atoms with van der Waals surface area (Å²) in [6, 6.07) is 1.20. The molecule has 110 valence electrons. The zero-order valence-corrected chi connectivity index (χ0v) is 13.6. The second kappa shape index (κ2) is 5.72. The number of carbonyl (C=O) groups is 1. The summed E-state index contributed by atoms with van der Waals surface area (Å²) < 4.78 is 22.8. The molecule has 0 spiro atoms. The van der Waals surface area contributed by atoms with Gasteiger partial charge in [0.25, 0.3) is 9.05 Å². The fourth-order valence-corrected chi connectivity index (χ4v) is 3.84. The summed E-state index contributed by atoms with van der Waals surface area (Å²) in [6.45, 7) is 1.51. The van der Waals surface area contributed by atoms with Crippen molar-refractivity contribution in [2.75, 3.05) is 5.32 Å². The summed E-state index contributed by atoms with van der Waals surface area (Å²) in [5.41, 5.74) is 0.488. The molecule has 1 amide bonds. The molecule has 1 aliphatic rings. The largest absolute Gasteiger partial charge is 0.323 e. The first-order chi connectivity index (χ1) is 9.21. The molecule has 0 aliphatic heterocycles. The highest BCUT2D eigenvalue weighted by Gasteiger charge is 2.27. The van der Waals surface area contributed by atoms with Gasteiger partial charge in [-0.25, -0.2) is 8.42 Å². The second-order valence-corrected chi connectivity index (χ2v) is 8.04. The van der Waals surface area contributed by atoms with Gasteiger partial charge in [0.15, 0.2) is 0 Å². The Kier molecular flexibility index (Phi) is 4.54. The van der Waals surface area contributed by atoms with E-state index in [1.807, 2.05) is 0 Å². The molecular weight excluding hydrogens is 345 g/mol. The molecule has 1 aromatic rings. The molecule has 0 saturated heterocycles. The van der Waals surface area contributed by atoms with E-state index in [0.717, 1.165) is 19.3 Å². The number of nitrogens with one attached hydrogen (secondary N) is 1. The molecule has 0 heterocycles. The van der Waals surface area contributed by atoms with Crippen molar-refractivity contribution in [3.8, 4) is 0 Å². The Balaban J connectivity index is 2.40. The minimum absolute atomic E-state index is 0.0288. The Bertz CT molecular complexity index is 669. The van der Waals surface area contributed by atoms with E-state index < -0.39 is 9.05 Å². The van der Waals surface area contributed by atoms with Crippen LogP contribution in [0.4, 0.5) is 5.69 Å². The van der Waals surface area contributed by atoms with Crippen LogP contribution in [0.2, 0.25) is 10.0 Å². The van der Waals surface area contributed by atoms with Crippen molar-refractivity contribution >= 4 is 54.5 Å². The Hall–Kier alpha value is -0.490. The molecule has 1 saturated carbocycles. The molecule has 1 aromatic carbocycles.